The molecule has 0 aliphatic heterocycles. The predicted molar refractivity (Wildman–Crippen MR) is 94.3 cm³/mol. The molecule has 2 heterocycles. The van der Waals surface area contributed by atoms with Gasteiger partial charge in [0.25, 0.3) is 0 Å². The minimum absolute atomic E-state index is 0.158. The lowest BCUT2D eigenvalue weighted by molar-refractivity contribution is -0.122. The molecule has 0 radical (unpaired) electrons. The molecule has 0 fully saturated rings. The molecule has 0 aliphatic rings. The fraction of sp³-hybridized carbons (Fsp3) is 0.211. The maximum Gasteiger partial charge on any atom is 0.234 e. The zero-order chi connectivity index (χ0) is 18.4. The molecule has 134 valence electrons. The number of benzene rings is 1. The monoisotopic (exact) mass is 354 g/mol. The molecule has 0 unspecified atom stereocenters. The zero-order valence-electron chi connectivity index (χ0n) is 14.4. The highest BCUT2D eigenvalue weighted by molar-refractivity contribution is 5.77. The van der Waals surface area contributed by atoms with E-state index in [1.807, 2.05) is 18.2 Å². The molecule has 1 aromatic carbocycles. The van der Waals surface area contributed by atoms with Crippen LogP contribution in [0.2, 0.25) is 0 Å². The molecule has 0 atom stereocenters. The minimum atomic E-state index is -0.329. The van der Waals surface area contributed by atoms with E-state index in [1.54, 1.807) is 42.4 Å². The molecular weight excluding hydrogens is 335 g/mol. The highest BCUT2D eigenvalue weighted by Crippen LogP contribution is 2.16. The number of pyridine rings is 1. The second-order valence-corrected chi connectivity index (χ2v) is 5.93. The highest BCUT2D eigenvalue weighted by atomic mass is 19.1. The van der Waals surface area contributed by atoms with Gasteiger partial charge in [-0.1, -0.05) is 29.4 Å². The van der Waals surface area contributed by atoms with Crippen LogP contribution in [-0.2, 0) is 17.9 Å². The standard InChI is InChI=1S/C19H19FN4O2/c1-24(13-19(25)22-11-14-6-2-3-7-16(14)20)12-15-10-18(23-26-15)17-8-4-5-9-21-17/h2-10H,11-13H2,1H3,(H,22,25). The summed E-state index contributed by atoms with van der Waals surface area (Å²) in [6, 6.07) is 13.7. The van der Waals surface area contributed by atoms with E-state index in [0.717, 1.165) is 5.69 Å². The Labute approximate surface area is 150 Å². The summed E-state index contributed by atoms with van der Waals surface area (Å²) in [7, 11) is 1.80. The fourth-order valence-electron chi connectivity index (χ4n) is 2.48. The average Bonchev–Trinajstić information content (AvgIpc) is 3.10. The molecule has 7 heteroatoms. The lowest BCUT2D eigenvalue weighted by Gasteiger charge is -2.14. The van der Waals surface area contributed by atoms with E-state index in [-0.39, 0.29) is 24.8 Å². The Morgan fingerprint density at radius 3 is 2.77 bits per heavy atom. The van der Waals surface area contributed by atoms with E-state index in [9.17, 15) is 9.18 Å². The molecule has 0 saturated heterocycles. The van der Waals surface area contributed by atoms with Crippen molar-refractivity contribution < 1.29 is 13.7 Å². The summed E-state index contributed by atoms with van der Waals surface area (Å²) in [5, 5.41) is 6.71. The Kier molecular flexibility index (Phi) is 5.70. The summed E-state index contributed by atoms with van der Waals surface area (Å²) in [4.78, 5) is 18.0. The van der Waals surface area contributed by atoms with Crippen molar-refractivity contribution in [2.24, 2.45) is 0 Å². The van der Waals surface area contributed by atoms with Gasteiger partial charge in [-0.05, 0) is 25.2 Å². The van der Waals surface area contributed by atoms with Gasteiger partial charge in [-0.3, -0.25) is 14.7 Å². The Bertz CT molecular complexity index is 867. The van der Waals surface area contributed by atoms with Crippen molar-refractivity contribution in [1.29, 1.82) is 0 Å². The summed E-state index contributed by atoms with van der Waals surface area (Å²) in [6.07, 6.45) is 1.69. The Morgan fingerprint density at radius 2 is 2.00 bits per heavy atom. The molecule has 6 nitrogen and oxygen atoms in total. The number of rotatable bonds is 7. The number of nitrogens with zero attached hydrogens (tertiary/aromatic N) is 3. The molecule has 0 aliphatic carbocycles. The summed E-state index contributed by atoms with van der Waals surface area (Å²) < 4.78 is 18.8. The zero-order valence-corrected chi connectivity index (χ0v) is 14.4. The lowest BCUT2D eigenvalue weighted by Crippen LogP contribution is -2.34. The number of nitrogens with one attached hydrogen (secondary N) is 1. The number of hydrogen-bond donors (Lipinski definition) is 1. The van der Waals surface area contributed by atoms with Crippen molar-refractivity contribution in [3.63, 3.8) is 0 Å². The Hall–Kier alpha value is -3.06. The molecule has 0 spiro atoms. The van der Waals surface area contributed by atoms with Crippen LogP contribution >= 0.6 is 0 Å². The van der Waals surface area contributed by atoms with Gasteiger partial charge < -0.3 is 9.84 Å². The number of likely N-dealkylation sites (N-methyl/N-ethyl adjacent to an activating group) is 1. The van der Waals surface area contributed by atoms with Gasteiger partial charge in [0.15, 0.2) is 5.76 Å². The van der Waals surface area contributed by atoms with Gasteiger partial charge in [0.2, 0.25) is 5.91 Å². The summed E-state index contributed by atoms with van der Waals surface area (Å²) >= 11 is 0. The first-order valence-corrected chi connectivity index (χ1v) is 8.17. The van der Waals surface area contributed by atoms with E-state index < -0.39 is 0 Å². The fourth-order valence-corrected chi connectivity index (χ4v) is 2.48. The van der Waals surface area contributed by atoms with Crippen molar-refractivity contribution in [3.05, 3.63) is 71.9 Å². The first-order chi connectivity index (χ1) is 12.6. The van der Waals surface area contributed by atoms with Gasteiger partial charge in [0, 0.05) is 24.4 Å². The third-order valence-corrected chi connectivity index (χ3v) is 3.76. The van der Waals surface area contributed by atoms with Gasteiger partial charge >= 0.3 is 0 Å². The number of amides is 1. The Morgan fingerprint density at radius 1 is 1.19 bits per heavy atom. The van der Waals surface area contributed by atoms with Crippen molar-refractivity contribution in [2.75, 3.05) is 13.6 Å². The largest absolute Gasteiger partial charge is 0.359 e. The Balaban J connectivity index is 1.49. The SMILES string of the molecule is CN(CC(=O)NCc1ccccc1F)Cc1cc(-c2ccccn2)no1. The van der Waals surface area contributed by atoms with Gasteiger partial charge in [-0.2, -0.15) is 0 Å². The molecule has 2 aromatic heterocycles. The highest BCUT2D eigenvalue weighted by Gasteiger charge is 2.12. The maximum atomic E-state index is 13.5. The topological polar surface area (TPSA) is 71.3 Å². The summed E-state index contributed by atoms with van der Waals surface area (Å²) in [6.45, 7) is 0.743. The number of aromatic nitrogens is 2. The van der Waals surface area contributed by atoms with Gasteiger partial charge in [-0.25, -0.2) is 4.39 Å². The first kappa shape index (κ1) is 17.8. The molecule has 0 bridgehead atoms. The van der Waals surface area contributed by atoms with Crippen LogP contribution in [-0.4, -0.2) is 34.5 Å². The average molecular weight is 354 g/mol. The lowest BCUT2D eigenvalue weighted by atomic mass is 10.2. The third kappa shape index (κ3) is 4.73. The number of carbonyl (C=O) groups excluding carboxylic acids is 1. The number of carbonyl (C=O) groups is 1. The van der Waals surface area contributed by atoms with Crippen LogP contribution < -0.4 is 5.32 Å². The van der Waals surface area contributed by atoms with Crippen LogP contribution in [0.5, 0.6) is 0 Å². The molecule has 26 heavy (non-hydrogen) atoms. The van der Waals surface area contributed by atoms with Crippen LogP contribution in [0, 0.1) is 5.82 Å². The molecule has 0 saturated carbocycles. The summed E-state index contributed by atoms with van der Waals surface area (Å²) in [5.74, 6) is 0.111. The van der Waals surface area contributed by atoms with Gasteiger partial charge in [0.1, 0.15) is 11.5 Å². The van der Waals surface area contributed by atoms with E-state index in [0.29, 0.717) is 23.6 Å². The molecule has 1 N–H and O–H groups in total. The van der Waals surface area contributed by atoms with Crippen LogP contribution in [0.1, 0.15) is 11.3 Å². The second kappa shape index (κ2) is 8.35. The van der Waals surface area contributed by atoms with Gasteiger partial charge in [0.05, 0.1) is 18.8 Å². The molecular formula is C19H19FN4O2. The molecule has 3 rings (SSSR count). The van der Waals surface area contributed by atoms with E-state index in [2.05, 4.69) is 15.5 Å². The maximum absolute atomic E-state index is 13.5. The molecule has 3 aromatic rings. The van der Waals surface area contributed by atoms with Crippen LogP contribution in [0.4, 0.5) is 4.39 Å². The van der Waals surface area contributed by atoms with E-state index in [1.165, 1.54) is 6.07 Å². The van der Waals surface area contributed by atoms with Crippen molar-refractivity contribution in [3.8, 4) is 11.4 Å². The van der Waals surface area contributed by atoms with Crippen molar-refractivity contribution >= 4 is 5.91 Å². The van der Waals surface area contributed by atoms with Crippen LogP contribution in [0.15, 0.2) is 59.3 Å². The van der Waals surface area contributed by atoms with Crippen molar-refractivity contribution in [2.45, 2.75) is 13.1 Å². The molecule has 1 amide bonds. The van der Waals surface area contributed by atoms with E-state index >= 15 is 0 Å². The predicted octanol–water partition coefficient (Wildman–Crippen LogP) is 2.62. The quantitative estimate of drug-likeness (QED) is 0.706. The van der Waals surface area contributed by atoms with E-state index in [4.69, 9.17) is 4.52 Å². The smallest absolute Gasteiger partial charge is 0.234 e. The second-order valence-electron chi connectivity index (χ2n) is 5.93. The van der Waals surface area contributed by atoms with Crippen molar-refractivity contribution in [1.82, 2.24) is 20.4 Å². The van der Waals surface area contributed by atoms with Crippen LogP contribution in [0.3, 0.4) is 0 Å². The summed E-state index contributed by atoms with van der Waals surface area (Å²) in [5.41, 5.74) is 1.84. The minimum Gasteiger partial charge on any atom is -0.359 e. The third-order valence-electron chi connectivity index (χ3n) is 3.76. The number of hydrogen-bond acceptors (Lipinski definition) is 5. The first-order valence-electron chi connectivity index (χ1n) is 8.17. The normalized spacial score (nSPS) is 10.9. The van der Waals surface area contributed by atoms with Crippen LogP contribution in [0.25, 0.3) is 11.4 Å². The van der Waals surface area contributed by atoms with Gasteiger partial charge in [-0.15, -0.1) is 0 Å². The number of halogens is 1.